The van der Waals surface area contributed by atoms with Crippen molar-refractivity contribution in [3.8, 4) is 11.8 Å². The lowest BCUT2D eigenvalue weighted by Gasteiger charge is -2.22. The van der Waals surface area contributed by atoms with E-state index in [0.717, 1.165) is 0 Å². The minimum atomic E-state index is -0.716. The Bertz CT molecular complexity index is 818. The molecule has 0 spiro atoms. The van der Waals surface area contributed by atoms with E-state index >= 15 is 0 Å². The third-order valence-corrected chi connectivity index (χ3v) is 3.88. The zero-order valence-corrected chi connectivity index (χ0v) is 14.6. The Labute approximate surface area is 145 Å². The molecule has 0 unspecified atom stereocenters. The van der Waals surface area contributed by atoms with Crippen LogP contribution in [0.4, 0.5) is 0 Å². The molecule has 0 bridgehead atoms. The van der Waals surface area contributed by atoms with Crippen LogP contribution >= 0.6 is 12.2 Å². The summed E-state index contributed by atoms with van der Waals surface area (Å²) in [5.41, 5.74) is 0.394. The predicted molar refractivity (Wildman–Crippen MR) is 90.7 cm³/mol. The molecular weight excluding hydrogens is 326 g/mol. The molecule has 7 nitrogen and oxygen atoms in total. The van der Waals surface area contributed by atoms with E-state index in [1.807, 2.05) is 13.8 Å². The van der Waals surface area contributed by atoms with Crippen molar-refractivity contribution in [3.05, 3.63) is 40.4 Å². The van der Waals surface area contributed by atoms with E-state index in [2.05, 4.69) is 21.6 Å². The molecule has 1 amide bonds. The number of amides is 1. The number of hydrogen-bond acceptors (Lipinski definition) is 5. The van der Waals surface area contributed by atoms with E-state index in [1.54, 1.807) is 35.9 Å². The summed E-state index contributed by atoms with van der Waals surface area (Å²) in [7, 11) is 1.77. The molecular formula is C16H19N5O2S. The Morgan fingerprint density at radius 3 is 2.79 bits per heavy atom. The Balaban J connectivity index is 2.09. The molecule has 1 aromatic heterocycles. The number of para-hydroxylation sites is 1. The molecule has 1 aromatic carbocycles. The molecule has 0 radical (unpaired) electrons. The summed E-state index contributed by atoms with van der Waals surface area (Å²) in [6, 6.07) is 8.91. The van der Waals surface area contributed by atoms with Gasteiger partial charge >= 0.3 is 0 Å². The molecule has 126 valence electrons. The Morgan fingerprint density at radius 1 is 1.50 bits per heavy atom. The molecule has 1 heterocycles. The van der Waals surface area contributed by atoms with Crippen molar-refractivity contribution in [1.29, 1.82) is 5.26 Å². The van der Waals surface area contributed by atoms with E-state index in [9.17, 15) is 4.79 Å². The zero-order valence-electron chi connectivity index (χ0n) is 13.7. The van der Waals surface area contributed by atoms with Gasteiger partial charge in [0.2, 0.25) is 0 Å². The fourth-order valence-electron chi connectivity index (χ4n) is 2.10. The molecule has 0 saturated heterocycles. The van der Waals surface area contributed by atoms with Crippen molar-refractivity contribution in [1.82, 2.24) is 20.1 Å². The van der Waals surface area contributed by atoms with Crippen LogP contribution in [0.15, 0.2) is 24.3 Å². The van der Waals surface area contributed by atoms with Gasteiger partial charge in [0.25, 0.3) is 5.91 Å². The minimum Gasteiger partial charge on any atom is -0.479 e. The normalized spacial score (nSPS) is 11.8. The standard InChI is InChI=1S/C16H19N5O2S/c1-10(2)14(23-12-7-5-4-6-11(12)8-17)15(22)18-9-13-19-20-16(24)21(13)3/h4-7,10,14H,9H2,1-3H3,(H,18,22)(H,20,24)/t14-/m1/s1. The van der Waals surface area contributed by atoms with Crippen molar-refractivity contribution >= 4 is 18.1 Å². The highest BCUT2D eigenvalue weighted by Crippen LogP contribution is 2.20. The number of nitriles is 1. The van der Waals surface area contributed by atoms with Crippen LogP contribution in [0.5, 0.6) is 5.75 Å². The summed E-state index contributed by atoms with van der Waals surface area (Å²) in [6.07, 6.45) is -0.716. The van der Waals surface area contributed by atoms with Crippen LogP contribution < -0.4 is 10.1 Å². The third kappa shape index (κ3) is 4.00. The van der Waals surface area contributed by atoms with Crippen LogP contribution in [0.3, 0.4) is 0 Å². The number of nitrogens with zero attached hydrogens (tertiary/aromatic N) is 3. The number of benzene rings is 1. The Hall–Kier alpha value is -2.66. The second-order valence-electron chi connectivity index (χ2n) is 5.61. The number of aromatic amines is 1. The summed E-state index contributed by atoms with van der Waals surface area (Å²) in [5.74, 6) is 0.672. The quantitative estimate of drug-likeness (QED) is 0.782. The number of hydrogen-bond donors (Lipinski definition) is 2. The smallest absolute Gasteiger partial charge is 0.261 e. The molecule has 8 heteroatoms. The van der Waals surface area contributed by atoms with Crippen LogP contribution in [0.25, 0.3) is 0 Å². The lowest BCUT2D eigenvalue weighted by atomic mass is 10.1. The van der Waals surface area contributed by atoms with Crippen molar-refractivity contribution in [2.24, 2.45) is 13.0 Å². The van der Waals surface area contributed by atoms with Crippen LogP contribution in [0.1, 0.15) is 25.2 Å². The Morgan fingerprint density at radius 2 is 2.21 bits per heavy atom. The first kappa shape index (κ1) is 17.7. The Kier molecular flexibility index (Phi) is 5.71. The SMILES string of the molecule is CC(C)[C@@H](Oc1ccccc1C#N)C(=O)NCc1n[nH]c(=S)n1C. The van der Waals surface area contributed by atoms with Gasteiger partial charge in [0.1, 0.15) is 11.8 Å². The number of aromatic nitrogens is 3. The van der Waals surface area contributed by atoms with Crippen LogP contribution in [-0.2, 0) is 18.4 Å². The summed E-state index contributed by atoms with van der Waals surface area (Å²) in [6.45, 7) is 4.00. The number of H-pyrrole nitrogens is 1. The van der Waals surface area contributed by atoms with Gasteiger partial charge in [-0.1, -0.05) is 26.0 Å². The van der Waals surface area contributed by atoms with Gasteiger partial charge in [0, 0.05) is 7.05 Å². The number of carbonyl (C=O) groups is 1. The molecule has 2 aromatic rings. The summed E-state index contributed by atoms with van der Waals surface area (Å²) < 4.78 is 7.96. The van der Waals surface area contributed by atoms with E-state index < -0.39 is 6.10 Å². The average Bonchev–Trinajstić information content (AvgIpc) is 2.89. The highest BCUT2D eigenvalue weighted by Gasteiger charge is 2.25. The van der Waals surface area contributed by atoms with Gasteiger partial charge in [-0.2, -0.15) is 10.4 Å². The van der Waals surface area contributed by atoms with Gasteiger partial charge in [-0.25, -0.2) is 0 Å². The molecule has 2 rings (SSSR count). The van der Waals surface area contributed by atoms with E-state index in [0.29, 0.717) is 21.9 Å². The first-order valence-electron chi connectivity index (χ1n) is 7.47. The second kappa shape index (κ2) is 7.75. The van der Waals surface area contributed by atoms with Crippen molar-refractivity contribution in [3.63, 3.8) is 0 Å². The van der Waals surface area contributed by atoms with Gasteiger partial charge in [-0.3, -0.25) is 9.89 Å². The lowest BCUT2D eigenvalue weighted by molar-refractivity contribution is -0.130. The van der Waals surface area contributed by atoms with E-state index in [4.69, 9.17) is 22.2 Å². The maximum atomic E-state index is 12.5. The fourth-order valence-corrected chi connectivity index (χ4v) is 2.25. The molecule has 0 aliphatic rings. The molecule has 0 aliphatic heterocycles. The van der Waals surface area contributed by atoms with E-state index in [1.165, 1.54) is 0 Å². The summed E-state index contributed by atoms with van der Waals surface area (Å²) in [4.78, 5) is 12.5. The van der Waals surface area contributed by atoms with Crippen molar-refractivity contribution < 1.29 is 9.53 Å². The topological polar surface area (TPSA) is 95.7 Å². The second-order valence-corrected chi connectivity index (χ2v) is 6.00. The largest absolute Gasteiger partial charge is 0.479 e. The highest BCUT2D eigenvalue weighted by molar-refractivity contribution is 7.71. The molecule has 0 fully saturated rings. The van der Waals surface area contributed by atoms with Crippen molar-refractivity contribution in [2.45, 2.75) is 26.5 Å². The molecule has 1 atom stereocenters. The van der Waals surface area contributed by atoms with Crippen molar-refractivity contribution in [2.75, 3.05) is 0 Å². The van der Waals surface area contributed by atoms with E-state index in [-0.39, 0.29) is 18.4 Å². The van der Waals surface area contributed by atoms with Crippen LogP contribution in [0.2, 0.25) is 0 Å². The monoisotopic (exact) mass is 345 g/mol. The van der Waals surface area contributed by atoms with Gasteiger partial charge in [-0.05, 0) is 30.3 Å². The maximum Gasteiger partial charge on any atom is 0.261 e. The van der Waals surface area contributed by atoms with Gasteiger partial charge in [0.15, 0.2) is 16.7 Å². The number of ether oxygens (including phenoxy) is 1. The van der Waals surface area contributed by atoms with Gasteiger partial charge in [-0.15, -0.1) is 0 Å². The fraction of sp³-hybridized carbons (Fsp3) is 0.375. The lowest BCUT2D eigenvalue weighted by Crippen LogP contribution is -2.41. The van der Waals surface area contributed by atoms with Gasteiger partial charge < -0.3 is 14.6 Å². The third-order valence-electron chi connectivity index (χ3n) is 3.52. The molecule has 0 aliphatic carbocycles. The molecule has 2 N–H and O–H groups in total. The number of nitrogens with one attached hydrogen (secondary N) is 2. The summed E-state index contributed by atoms with van der Waals surface area (Å²) in [5, 5.41) is 18.6. The number of rotatable bonds is 6. The van der Waals surface area contributed by atoms with Crippen LogP contribution in [-0.4, -0.2) is 26.8 Å². The molecule has 24 heavy (non-hydrogen) atoms. The van der Waals surface area contributed by atoms with Crippen LogP contribution in [0, 0.1) is 22.0 Å². The number of carbonyl (C=O) groups excluding carboxylic acids is 1. The minimum absolute atomic E-state index is 0.0702. The zero-order chi connectivity index (χ0) is 17.7. The molecule has 0 saturated carbocycles. The summed E-state index contributed by atoms with van der Waals surface area (Å²) >= 11 is 5.04. The average molecular weight is 345 g/mol. The first-order valence-corrected chi connectivity index (χ1v) is 7.88. The first-order chi connectivity index (χ1) is 11.4. The van der Waals surface area contributed by atoms with Gasteiger partial charge in [0.05, 0.1) is 12.1 Å². The maximum absolute atomic E-state index is 12.5. The highest BCUT2D eigenvalue weighted by atomic mass is 32.1. The predicted octanol–water partition coefficient (Wildman–Crippen LogP) is 2.07.